The molecule has 0 radical (unpaired) electrons. The Labute approximate surface area is 104 Å². The summed E-state index contributed by atoms with van der Waals surface area (Å²) in [5.74, 6) is 0.583. The molecule has 0 aromatic heterocycles. The van der Waals surface area contributed by atoms with Crippen LogP contribution < -0.4 is 5.32 Å². The van der Waals surface area contributed by atoms with Crippen LogP contribution in [-0.2, 0) is 0 Å². The predicted octanol–water partition coefficient (Wildman–Crippen LogP) is 4.21. The maximum Gasteiger partial charge on any atom is 0.0313 e. The number of rotatable bonds is 5. The first-order valence-corrected chi connectivity index (χ1v) is 6.05. The van der Waals surface area contributed by atoms with E-state index in [0.29, 0.717) is 23.5 Å². The van der Waals surface area contributed by atoms with E-state index in [1.807, 2.05) is 0 Å². The fraction of sp³-hybridized carbons (Fsp3) is 0.429. The highest BCUT2D eigenvalue weighted by molar-refractivity contribution is 6.29. The van der Waals surface area contributed by atoms with Gasteiger partial charge in [0.2, 0.25) is 0 Å². The lowest BCUT2D eigenvalue weighted by molar-refractivity contribution is 0.614. The second-order valence-corrected chi connectivity index (χ2v) is 4.98. The van der Waals surface area contributed by atoms with E-state index in [2.05, 4.69) is 56.9 Å². The van der Waals surface area contributed by atoms with Gasteiger partial charge in [-0.3, -0.25) is 0 Å². The van der Waals surface area contributed by atoms with E-state index in [-0.39, 0.29) is 0 Å². The molecule has 1 nitrogen and oxygen atoms in total. The Morgan fingerprint density at radius 1 is 1.19 bits per heavy atom. The van der Waals surface area contributed by atoms with Crippen LogP contribution in [0, 0.1) is 0 Å². The van der Waals surface area contributed by atoms with Crippen molar-refractivity contribution in [2.75, 3.05) is 6.54 Å². The highest BCUT2D eigenvalue weighted by Gasteiger charge is 2.05. The maximum absolute atomic E-state index is 5.72. The molecular weight excluding hydrogens is 218 g/mol. The minimum atomic E-state index is 0.303. The molecule has 0 saturated heterocycles. The standard InChI is InChI=1S/C14H20ClN/c1-10(2)13-5-7-14(8-6-13)12(4)16-9-11(3)15/h5-8,10,12,16H,3,9H2,1-2,4H3. The molecule has 1 aromatic rings. The number of nitrogens with one attached hydrogen (secondary N) is 1. The van der Waals surface area contributed by atoms with E-state index in [0.717, 1.165) is 0 Å². The summed E-state index contributed by atoms with van der Waals surface area (Å²) in [4.78, 5) is 0. The van der Waals surface area contributed by atoms with Crippen LogP contribution >= 0.6 is 11.6 Å². The SMILES string of the molecule is C=C(Cl)CNC(C)c1ccc(C(C)C)cc1. The minimum Gasteiger partial charge on any atom is -0.305 e. The second-order valence-electron chi connectivity index (χ2n) is 4.44. The zero-order chi connectivity index (χ0) is 12.1. The lowest BCUT2D eigenvalue weighted by atomic mass is 10.00. The van der Waals surface area contributed by atoms with Crippen molar-refractivity contribution in [2.24, 2.45) is 0 Å². The van der Waals surface area contributed by atoms with Crippen molar-refractivity contribution >= 4 is 11.6 Å². The summed E-state index contributed by atoms with van der Waals surface area (Å²) in [6.07, 6.45) is 0. The summed E-state index contributed by atoms with van der Waals surface area (Å²) >= 11 is 5.72. The average Bonchev–Trinajstić information content (AvgIpc) is 2.26. The van der Waals surface area contributed by atoms with Crippen molar-refractivity contribution in [2.45, 2.75) is 32.7 Å². The zero-order valence-corrected chi connectivity index (χ0v) is 11.0. The van der Waals surface area contributed by atoms with Crippen LogP contribution in [0.2, 0.25) is 0 Å². The molecule has 1 atom stereocenters. The highest BCUT2D eigenvalue weighted by Crippen LogP contribution is 2.18. The first-order chi connectivity index (χ1) is 7.50. The van der Waals surface area contributed by atoms with Gasteiger partial charge < -0.3 is 5.32 Å². The Bertz CT molecular complexity index is 340. The van der Waals surface area contributed by atoms with Gasteiger partial charge in [0.25, 0.3) is 0 Å². The third kappa shape index (κ3) is 3.99. The predicted molar refractivity (Wildman–Crippen MR) is 71.9 cm³/mol. The van der Waals surface area contributed by atoms with Crippen molar-refractivity contribution in [3.63, 3.8) is 0 Å². The topological polar surface area (TPSA) is 12.0 Å². The average molecular weight is 238 g/mol. The monoisotopic (exact) mass is 237 g/mol. The molecule has 0 bridgehead atoms. The van der Waals surface area contributed by atoms with Crippen molar-refractivity contribution in [1.82, 2.24) is 5.32 Å². The summed E-state index contributed by atoms with van der Waals surface area (Å²) in [6.45, 7) is 10.8. The Hall–Kier alpha value is -0.790. The molecule has 0 spiro atoms. The van der Waals surface area contributed by atoms with Crippen LogP contribution in [-0.4, -0.2) is 6.54 Å². The first kappa shape index (κ1) is 13.3. The Kier molecular flexibility index (Phi) is 5.04. The number of hydrogen-bond donors (Lipinski definition) is 1. The van der Waals surface area contributed by atoms with Crippen LogP contribution in [0.5, 0.6) is 0 Å². The molecule has 0 aliphatic carbocycles. The fourth-order valence-electron chi connectivity index (χ4n) is 1.55. The molecule has 88 valence electrons. The molecular formula is C14H20ClN. The first-order valence-electron chi connectivity index (χ1n) is 5.67. The van der Waals surface area contributed by atoms with Gasteiger partial charge in [0, 0.05) is 17.6 Å². The van der Waals surface area contributed by atoms with E-state index in [9.17, 15) is 0 Å². The summed E-state index contributed by atoms with van der Waals surface area (Å²) in [6, 6.07) is 9.02. The molecule has 1 unspecified atom stereocenters. The highest BCUT2D eigenvalue weighted by atomic mass is 35.5. The minimum absolute atomic E-state index is 0.303. The number of benzene rings is 1. The van der Waals surface area contributed by atoms with Gasteiger partial charge in [0.15, 0.2) is 0 Å². The van der Waals surface area contributed by atoms with Gasteiger partial charge in [-0.05, 0) is 24.0 Å². The van der Waals surface area contributed by atoms with Gasteiger partial charge in [0.1, 0.15) is 0 Å². The molecule has 0 heterocycles. The van der Waals surface area contributed by atoms with Gasteiger partial charge in [-0.1, -0.05) is 56.3 Å². The molecule has 0 saturated carbocycles. The normalized spacial score (nSPS) is 12.8. The summed E-state index contributed by atoms with van der Waals surface area (Å²) < 4.78 is 0. The Morgan fingerprint density at radius 2 is 1.69 bits per heavy atom. The second kappa shape index (κ2) is 6.07. The third-order valence-electron chi connectivity index (χ3n) is 2.70. The van der Waals surface area contributed by atoms with E-state index in [4.69, 9.17) is 11.6 Å². The Balaban J connectivity index is 2.62. The molecule has 1 rings (SSSR count). The van der Waals surface area contributed by atoms with Gasteiger partial charge in [-0.15, -0.1) is 0 Å². The largest absolute Gasteiger partial charge is 0.305 e. The Morgan fingerprint density at radius 3 is 2.12 bits per heavy atom. The number of halogens is 1. The smallest absolute Gasteiger partial charge is 0.0313 e. The molecule has 0 fully saturated rings. The van der Waals surface area contributed by atoms with Crippen LogP contribution in [0.1, 0.15) is 43.9 Å². The van der Waals surface area contributed by atoms with Crippen LogP contribution in [0.25, 0.3) is 0 Å². The molecule has 0 aliphatic heterocycles. The van der Waals surface area contributed by atoms with Crippen LogP contribution in [0.4, 0.5) is 0 Å². The fourth-order valence-corrected chi connectivity index (χ4v) is 1.63. The van der Waals surface area contributed by atoms with Gasteiger partial charge in [0.05, 0.1) is 0 Å². The van der Waals surface area contributed by atoms with Gasteiger partial charge in [-0.2, -0.15) is 0 Å². The maximum atomic E-state index is 5.72. The molecule has 16 heavy (non-hydrogen) atoms. The van der Waals surface area contributed by atoms with Crippen molar-refractivity contribution in [1.29, 1.82) is 0 Å². The van der Waals surface area contributed by atoms with E-state index in [1.165, 1.54) is 11.1 Å². The van der Waals surface area contributed by atoms with E-state index >= 15 is 0 Å². The zero-order valence-electron chi connectivity index (χ0n) is 10.3. The van der Waals surface area contributed by atoms with Crippen molar-refractivity contribution in [3.8, 4) is 0 Å². The third-order valence-corrected chi connectivity index (χ3v) is 2.84. The molecule has 2 heteroatoms. The van der Waals surface area contributed by atoms with Crippen molar-refractivity contribution in [3.05, 3.63) is 47.0 Å². The van der Waals surface area contributed by atoms with Gasteiger partial charge in [-0.25, -0.2) is 0 Å². The lowest BCUT2D eigenvalue weighted by Crippen LogP contribution is -2.19. The number of hydrogen-bond acceptors (Lipinski definition) is 1. The molecule has 1 N–H and O–H groups in total. The molecule has 0 aliphatic rings. The van der Waals surface area contributed by atoms with Crippen molar-refractivity contribution < 1.29 is 0 Å². The van der Waals surface area contributed by atoms with Crippen LogP contribution in [0.3, 0.4) is 0 Å². The lowest BCUT2D eigenvalue weighted by Gasteiger charge is -2.15. The van der Waals surface area contributed by atoms with E-state index < -0.39 is 0 Å². The summed E-state index contributed by atoms with van der Waals surface area (Å²) in [5, 5.41) is 3.96. The quantitative estimate of drug-likeness (QED) is 0.809. The van der Waals surface area contributed by atoms with Gasteiger partial charge >= 0.3 is 0 Å². The summed E-state index contributed by atoms with van der Waals surface area (Å²) in [7, 11) is 0. The molecule has 1 aromatic carbocycles. The summed E-state index contributed by atoms with van der Waals surface area (Å²) in [5.41, 5.74) is 2.65. The molecule has 0 amide bonds. The van der Waals surface area contributed by atoms with Crippen LogP contribution in [0.15, 0.2) is 35.9 Å². The van der Waals surface area contributed by atoms with E-state index in [1.54, 1.807) is 0 Å².